The number of amidine groups is 1. The minimum Gasteiger partial charge on any atom is -0.492 e. The zero-order chi connectivity index (χ0) is 22.7. The molecule has 1 N–H and O–H groups in total. The van der Waals surface area contributed by atoms with Gasteiger partial charge in [0.1, 0.15) is 6.04 Å². The Morgan fingerprint density at radius 1 is 1.22 bits per heavy atom. The molecule has 0 amide bonds. The van der Waals surface area contributed by atoms with Gasteiger partial charge in [0.25, 0.3) is 5.69 Å². The predicted molar refractivity (Wildman–Crippen MR) is 116 cm³/mol. The molecule has 0 saturated carbocycles. The molecule has 9 nitrogen and oxygen atoms in total. The first kappa shape index (κ1) is 20.9. The van der Waals surface area contributed by atoms with Crippen molar-refractivity contribution in [2.45, 2.75) is 13.0 Å². The Morgan fingerprint density at radius 3 is 2.59 bits per heavy atom. The Hall–Kier alpha value is -4.40. The van der Waals surface area contributed by atoms with E-state index in [2.05, 4.69) is 4.99 Å². The first-order chi connectivity index (χ1) is 15.5. The third-order valence-corrected chi connectivity index (χ3v) is 4.89. The maximum Gasteiger partial charge on any atom is 0.338 e. The number of nitrogens with zero attached hydrogens (tertiary/aromatic N) is 3. The van der Waals surface area contributed by atoms with E-state index in [1.807, 2.05) is 30.3 Å². The minimum atomic E-state index is -0.724. The van der Waals surface area contributed by atoms with Crippen molar-refractivity contribution in [3.63, 3.8) is 0 Å². The second kappa shape index (κ2) is 8.76. The average molecular weight is 433 g/mol. The van der Waals surface area contributed by atoms with Crippen LogP contribution in [-0.4, -0.2) is 33.5 Å². The first-order valence-corrected chi connectivity index (χ1v) is 9.82. The van der Waals surface area contributed by atoms with Crippen LogP contribution in [0.15, 0.2) is 89.1 Å². The SMILES string of the molecule is CCOC(=O)C1=C(C=Cc2ccc([N+](=O)[O-])cc2)N=C2OC=C(O)N2C1c1ccccc1. The number of nitro groups is 1. The molecule has 162 valence electrons. The molecule has 0 saturated heterocycles. The quantitative estimate of drug-likeness (QED) is 0.412. The van der Waals surface area contributed by atoms with Gasteiger partial charge in [-0.3, -0.25) is 15.0 Å². The number of ether oxygens (including phenoxy) is 2. The Morgan fingerprint density at radius 2 is 1.94 bits per heavy atom. The molecule has 2 aromatic carbocycles. The van der Waals surface area contributed by atoms with Gasteiger partial charge in [0.2, 0.25) is 5.88 Å². The first-order valence-electron chi connectivity index (χ1n) is 9.82. The van der Waals surface area contributed by atoms with Gasteiger partial charge in [0.05, 0.1) is 22.8 Å². The monoisotopic (exact) mass is 433 g/mol. The Labute approximate surface area is 183 Å². The molecule has 0 fully saturated rings. The highest BCUT2D eigenvalue weighted by atomic mass is 16.6. The fraction of sp³-hybridized carbons (Fsp3) is 0.130. The fourth-order valence-corrected chi connectivity index (χ4v) is 3.46. The van der Waals surface area contributed by atoms with Crippen LogP contribution in [0.4, 0.5) is 5.69 Å². The fourth-order valence-electron chi connectivity index (χ4n) is 3.46. The third kappa shape index (κ3) is 3.95. The van der Waals surface area contributed by atoms with Gasteiger partial charge < -0.3 is 14.6 Å². The molecule has 2 aromatic rings. The molecule has 0 bridgehead atoms. The number of aliphatic imine (C=N–C) groups is 1. The summed E-state index contributed by atoms with van der Waals surface area (Å²) in [4.78, 5) is 29.2. The molecule has 2 aliphatic heterocycles. The van der Waals surface area contributed by atoms with Gasteiger partial charge in [0, 0.05) is 12.1 Å². The highest BCUT2D eigenvalue weighted by Gasteiger charge is 2.42. The van der Waals surface area contributed by atoms with Crippen LogP contribution in [0.5, 0.6) is 0 Å². The molecule has 0 aliphatic carbocycles. The van der Waals surface area contributed by atoms with Gasteiger partial charge in [0.15, 0.2) is 6.26 Å². The van der Waals surface area contributed by atoms with Gasteiger partial charge >= 0.3 is 12.0 Å². The van der Waals surface area contributed by atoms with E-state index in [0.29, 0.717) is 11.3 Å². The molecule has 0 radical (unpaired) electrons. The number of carbonyl (C=O) groups is 1. The van der Waals surface area contributed by atoms with Gasteiger partial charge in [-0.1, -0.05) is 36.4 Å². The van der Waals surface area contributed by atoms with Crippen LogP contribution >= 0.6 is 0 Å². The summed E-state index contributed by atoms with van der Waals surface area (Å²) in [6.07, 6.45) is 4.45. The molecule has 0 spiro atoms. The summed E-state index contributed by atoms with van der Waals surface area (Å²) >= 11 is 0. The van der Waals surface area contributed by atoms with Crippen LogP contribution in [-0.2, 0) is 14.3 Å². The lowest BCUT2D eigenvalue weighted by atomic mass is 9.94. The topological polar surface area (TPSA) is 114 Å². The second-order valence-corrected chi connectivity index (χ2v) is 6.87. The number of carbonyl (C=O) groups excluding carboxylic acids is 1. The second-order valence-electron chi connectivity index (χ2n) is 6.87. The number of fused-ring (bicyclic) bond motifs is 1. The van der Waals surface area contributed by atoms with E-state index in [4.69, 9.17) is 9.47 Å². The van der Waals surface area contributed by atoms with Crippen LogP contribution in [0.25, 0.3) is 6.08 Å². The molecule has 0 aromatic heterocycles. The predicted octanol–water partition coefficient (Wildman–Crippen LogP) is 4.23. The van der Waals surface area contributed by atoms with Crippen LogP contribution in [0.2, 0.25) is 0 Å². The van der Waals surface area contributed by atoms with Crippen molar-refractivity contribution in [1.29, 1.82) is 0 Å². The van der Waals surface area contributed by atoms with Crippen LogP contribution in [0, 0.1) is 10.1 Å². The summed E-state index contributed by atoms with van der Waals surface area (Å²) < 4.78 is 10.7. The van der Waals surface area contributed by atoms with Crippen molar-refractivity contribution in [1.82, 2.24) is 4.90 Å². The Balaban J connectivity index is 1.81. The number of nitro benzene ring substituents is 1. The standard InChI is InChI=1S/C23H19N3O6/c1-2-31-22(28)20-18(13-10-15-8-11-17(12-9-15)26(29)30)24-23-25(19(27)14-32-23)21(20)16-6-4-3-5-7-16/h3-14,21,27H,2H2,1H3. The number of rotatable bonds is 6. The van der Waals surface area contributed by atoms with Crippen molar-refractivity contribution >= 4 is 23.8 Å². The van der Waals surface area contributed by atoms with Crippen LogP contribution in [0.1, 0.15) is 24.1 Å². The highest BCUT2D eigenvalue weighted by molar-refractivity contribution is 5.96. The van der Waals surface area contributed by atoms with E-state index < -0.39 is 16.9 Å². The molecule has 2 heterocycles. The zero-order valence-corrected chi connectivity index (χ0v) is 17.0. The lowest BCUT2D eigenvalue weighted by molar-refractivity contribution is -0.384. The number of aliphatic hydroxyl groups excluding tert-OH is 1. The molecule has 4 rings (SSSR count). The molecular weight excluding hydrogens is 414 g/mol. The average Bonchev–Trinajstić information content (AvgIpc) is 3.18. The van der Waals surface area contributed by atoms with E-state index in [9.17, 15) is 20.0 Å². The summed E-state index contributed by atoms with van der Waals surface area (Å²) in [5.41, 5.74) is 1.91. The molecule has 9 heteroatoms. The van der Waals surface area contributed by atoms with Crippen molar-refractivity contribution in [3.8, 4) is 0 Å². The Bertz CT molecular complexity index is 1170. The molecular formula is C23H19N3O6. The summed E-state index contributed by atoms with van der Waals surface area (Å²) in [6.45, 7) is 1.87. The number of hydrogen-bond acceptors (Lipinski definition) is 8. The Kier molecular flexibility index (Phi) is 5.71. The van der Waals surface area contributed by atoms with Gasteiger partial charge in [-0.05, 0) is 36.3 Å². The van der Waals surface area contributed by atoms with Gasteiger partial charge in [-0.15, -0.1) is 0 Å². The third-order valence-electron chi connectivity index (χ3n) is 4.89. The minimum absolute atomic E-state index is 0.0211. The maximum atomic E-state index is 13.0. The van der Waals surface area contributed by atoms with Crippen molar-refractivity contribution in [2.75, 3.05) is 6.61 Å². The van der Waals surface area contributed by atoms with E-state index in [-0.39, 0.29) is 29.8 Å². The van der Waals surface area contributed by atoms with Crippen LogP contribution < -0.4 is 0 Å². The van der Waals surface area contributed by atoms with E-state index >= 15 is 0 Å². The summed E-state index contributed by atoms with van der Waals surface area (Å²) in [5.74, 6) is -0.759. The normalized spacial score (nSPS) is 17.5. The van der Waals surface area contributed by atoms with Crippen LogP contribution in [0.3, 0.4) is 0 Å². The molecule has 32 heavy (non-hydrogen) atoms. The zero-order valence-electron chi connectivity index (χ0n) is 17.0. The number of benzene rings is 2. The van der Waals surface area contributed by atoms with Gasteiger partial charge in [-0.25, -0.2) is 4.79 Å². The summed E-state index contributed by atoms with van der Waals surface area (Å²) in [7, 11) is 0. The number of esters is 1. The largest absolute Gasteiger partial charge is 0.492 e. The molecule has 1 unspecified atom stereocenters. The van der Waals surface area contributed by atoms with Crippen molar-refractivity contribution < 1.29 is 24.3 Å². The summed E-state index contributed by atoms with van der Waals surface area (Å²) in [5, 5.41) is 21.3. The van der Waals surface area contributed by atoms with E-state index in [1.54, 1.807) is 31.2 Å². The summed E-state index contributed by atoms with van der Waals surface area (Å²) in [6, 6.07) is 14.5. The van der Waals surface area contributed by atoms with E-state index in [0.717, 1.165) is 11.8 Å². The number of hydrogen-bond donors (Lipinski definition) is 1. The number of aliphatic hydroxyl groups is 1. The highest BCUT2D eigenvalue weighted by Crippen LogP contribution is 2.40. The number of non-ortho nitro benzene ring substituents is 1. The van der Waals surface area contributed by atoms with Crippen molar-refractivity contribution in [2.24, 2.45) is 4.99 Å². The number of allylic oxidation sites excluding steroid dienone is 1. The van der Waals surface area contributed by atoms with Crippen molar-refractivity contribution in [3.05, 3.63) is 105 Å². The smallest absolute Gasteiger partial charge is 0.338 e. The molecule has 1 atom stereocenters. The van der Waals surface area contributed by atoms with Gasteiger partial charge in [-0.2, -0.15) is 4.99 Å². The lowest BCUT2D eigenvalue weighted by Crippen LogP contribution is -2.38. The van der Waals surface area contributed by atoms with E-state index in [1.165, 1.54) is 17.0 Å². The maximum absolute atomic E-state index is 13.0. The lowest BCUT2D eigenvalue weighted by Gasteiger charge is -2.32. The molecule has 2 aliphatic rings.